The second kappa shape index (κ2) is 7.76. The molecule has 7 heteroatoms. The van der Waals surface area contributed by atoms with E-state index < -0.39 is 0 Å². The Morgan fingerprint density at radius 2 is 1.83 bits per heavy atom. The molecule has 1 fully saturated rings. The minimum Gasteiger partial charge on any atom is -0.497 e. The van der Waals surface area contributed by atoms with Crippen LogP contribution in [0.3, 0.4) is 0 Å². The van der Waals surface area contributed by atoms with Gasteiger partial charge in [-0.2, -0.15) is 10.2 Å². The topological polar surface area (TPSA) is 70.7 Å². The Bertz CT molecular complexity index is 1240. The van der Waals surface area contributed by atoms with E-state index in [2.05, 4.69) is 0 Å². The van der Waals surface area contributed by atoms with Gasteiger partial charge in [0.1, 0.15) is 11.4 Å². The monoisotopic (exact) mass is 402 g/mol. The van der Waals surface area contributed by atoms with Gasteiger partial charge in [-0.3, -0.25) is 4.79 Å². The van der Waals surface area contributed by atoms with E-state index in [4.69, 9.17) is 19.7 Å². The Morgan fingerprint density at radius 3 is 2.60 bits per heavy atom. The van der Waals surface area contributed by atoms with E-state index in [9.17, 15) is 4.79 Å². The van der Waals surface area contributed by atoms with Crippen LogP contribution < -0.4 is 10.3 Å². The lowest BCUT2D eigenvalue weighted by Crippen LogP contribution is -2.30. The molecule has 0 radical (unpaired) electrons. The SMILES string of the molecule is COc1ccn2nc(-c3ccccc3)c(-c3ccc(=O)n(C4CCOCC4)n3)c2c1. The van der Waals surface area contributed by atoms with Crippen LogP contribution in [0.1, 0.15) is 18.9 Å². The summed E-state index contributed by atoms with van der Waals surface area (Å²) >= 11 is 0. The normalized spacial score (nSPS) is 14.8. The number of fused-ring (bicyclic) bond motifs is 1. The molecule has 4 heterocycles. The molecule has 30 heavy (non-hydrogen) atoms. The number of ether oxygens (including phenoxy) is 2. The zero-order valence-corrected chi connectivity index (χ0v) is 16.7. The number of nitrogens with zero attached hydrogens (tertiary/aromatic N) is 4. The summed E-state index contributed by atoms with van der Waals surface area (Å²) in [5.74, 6) is 0.737. The van der Waals surface area contributed by atoms with Gasteiger partial charge in [-0.1, -0.05) is 30.3 Å². The molecule has 0 spiro atoms. The lowest BCUT2D eigenvalue weighted by atomic mass is 10.0. The van der Waals surface area contributed by atoms with E-state index in [1.54, 1.807) is 23.9 Å². The van der Waals surface area contributed by atoms with Crippen molar-refractivity contribution in [3.05, 3.63) is 71.1 Å². The molecule has 4 aromatic rings. The standard InChI is InChI=1S/C23H22N4O3/c1-29-18-9-12-26-20(15-18)22(23(25-26)16-5-3-2-4-6-16)19-7-8-21(28)27(24-19)17-10-13-30-14-11-17/h2-9,12,15,17H,10-11,13-14H2,1H3. The van der Waals surface area contributed by atoms with E-state index in [0.717, 1.165) is 40.9 Å². The summed E-state index contributed by atoms with van der Waals surface area (Å²) in [7, 11) is 1.64. The number of pyridine rings is 1. The fourth-order valence-corrected chi connectivity index (χ4v) is 3.95. The molecule has 0 aliphatic carbocycles. The number of methoxy groups -OCH3 is 1. The van der Waals surface area contributed by atoms with Gasteiger partial charge >= 0.3 is 0 Å². The van der Waals surface area contributed by atoms with Crippen LogP contribution in [-0.4, -0.2) is 39.7 Å². The van der Waals surface area contributed by atoms with Crippen molar-refractivity contribution in [2.75, 3.05) is 20.3 Å². The average Bonchev–Trinajstić information content (AvgIpc) is 3.19. The molecule has 1 saturated heterocycles. The summed E-state index contributed by atoms with van der Waals surface area (Å²) in [4.78, 5) is 12.6. The van der Waals surface area contributed by atoms with Gasteiger partial charge in [0.25, 0.3) is 5.56 Å². The molecule has 1 aliphatic heterocycles. The molecular formula is C23H22N4O3. The molecule has 1 aromatic carbocycles. The first-order chi connectivity index (χ1) is 14.7. The summed E-state index contributed by atoms with van der Waals surface area (Å²) < 4.78 is 14.3. The number of benzene rings is 1. The lowest BCUT2D eigenvalue weighted by Gasteiger charge is -2.23. The van der Waals surface area contributed by atoms with Crippen LogP contribution in [-0.2, 0) is 4.74 Å². The van der Waals surface area contributed by atoms with Crippen LogP contribution in [0.5, 0.6) is 5.75 Å². The third-order valence-electron chi connectivity index (χ3n) is 5.51. The largest absolute Gasteiger partial charge is 0.497 e. The van der Waals surface area contributed by atoms with Crippen molar-refractivity contribution in [3.63, 3.8) is 0 Å². The molecular weight excluding hydrogens is 380 g/mol. The predicted molar refractivity (Wildman–Crippen MR) is 114 cm³/mol. The summed E-state index contributed by atoms with van der Waals surface area (Å²) in [6.07, 6.45) is 3.44. The van der Waals surface area contributed by atoms with Crippen molar-refractivity contribution in [1.82, 2.24) is 19.4 Å². The summed E-state index contributed by atoms with van der Waals surface area (Å²) in [6, 6.07) is 17.2. The van der Waals surface area contributed by atoms with E-state index in [0.29, 0.717) is 18.9 Å². The second-order valence-corrected chi connectivity index (χ2v) is 7.33. The highest BCUT2D eigenvalue weighted by Crippen LogP contribution is 2.35. The number of hydrogen-bond acceptors (Lipinski definition) is 5. The van der Waals surface area contributed by atoms with Crippen molar-refractivity contribution in [2.45, 2.75) is 18.9 Å². The van der Waals surface area contributed by atoms with Crippen LogP contribution in [0.4, 0.5) is 0 Å². The molecule has 0 atom stereocenters. The quantitative estimate of drug-likeness (QED) is 0.522. The predicted octanol–water partition coefficient (Wildman–Crippen LogP) is 3.59. The first-order valence-corrected chi connectivity index (χ1v) is 10.0. The van der Waals surface area contributed by atoms with Crippen LogP contribution in [0.15, 0.2) is 65.6 Å². The summed E-state index contributed by atoms with van der Waals surface area (Å²) in [6.45, 7) is 1.29. The zero-order chi connectivity index (χ0) is 20.5. The van der Waals surface area contributed by atoms with Crippen molar-refractivity contribution >= 4 is 5.52 Å². The average molecular weight is 402 g/mol. The highest BCUT2D eigenvalue weighted by Gasteiger charge is 2.22. The first-order valence-electron chi connectivity index (χ1n) is 10.0. The van der Waals surface area contributed by atoms with E-state index >= 15 is 0 Å². The van der Waals surface area contributed by atoms with Crippen molar-refractivity contribution in [2.24, 2.45) is 0 Å². The van der Waals surface area contributed by atoms with Gasteiger partial charge in [-0.05, 0) is 25.0 Å². The van der Waals surface area contributed by atoms with Gasteiger partial charge in [0.15, 0.2) is 0 Å². The van der Waals surface area contributed by atoms with Crippen molar-refractivity contribution in [3.8, 4) is 28.3 Å². The highest BCUT2D eigenvalue weighted by molar-refractivity contribution is 5.91. The molecule has 7 nitrogen and oxygen atoms in total. The van der Waals surface area contributed by atoms with Crippen LogP contribution in [0.2, 0.25) is 0 Å². The number of rotatable bonds is 4. The van der Waals surface area contributed by atoms with Gasteiger partial charge in [0.05, 0.1) is 29.9 Å². The van der Waals surface area contributed by atoms with Crippen LogP contribution >= 0.6 is 0 Å². The van der Waals surface area contributed by atoms with Gasteiger partial charge in [-0.25, -0.2) is 9.20 Å². The molecule has 0 amide bonds. The minimum atomic E-state index is -0.0963. The molecule has 0 unspecified atom stereocenters. The molecule has 5 rings (SSSR count). The van der Waals surface area contributed by atoms with Gasteiger partial charge in [0.2, 0.25) is 0 Å². The van der Waals surface area contributed by atoms with Crippen LogP contribution in [0, 0.1) is 0 Å². The van der Waals surface area contributed by atoms with E-state index in [1.165, 1.54) is 0 Å². The third kappa shape index (κ3) is 3.27. The molecule has 0 saturated carbocycles. The van der Waals surface area contributed by atoms with Gasteiger partial charge < -0.3 is 9.47 Å². The Kier molecular flexibility index (Phi) is 4.80. The maximum atomic E-state index is 12.6. The smallest absolute Gasteiger partial charge is 0.267 e. The van der Waals surface area contributed by atoms with Gasteiger partial charge in [0, 0.05) is 37.1 Å². The zero-order valence-electron chi connectivity index (χ0n) is 16.7. The maximum Gasteiger partial charge on any atom is 0.267 e. The Labute approximate surface area is 173 Å². The fraction of sp³-hybridized carbons (Fsp3) is 0.261. The Balaban J connectivity index is 1.74. The summed E-state index contributed by atoms with van der Waals surface area (Å²) in [5.41, 5.74) is 4.16. The van der Waals surface area contributed by atoms with Crippen molar-refractivity contribution < 1.29 is 9.47 Å². The van der Waals surface area contributed by atoms with E-state index in [1.807, 2.05) is 53.2 Å². The Morgan fingerprint density at radius 1 is 1.03 bits per heavy atom. The molecule has 0 N–H and O–H groups in total. The Hall–Kier alpha value is -3.45. The third-order valence-corrected chi connectivity index (χ3v) is 5.51. The molecule has 152 valence electrons. The molecule has 1 aliphatic rings. The maximum absolute atomic E-state index is 12.6. The van der Waals surface area contributed by atoms with Crippen molar-refractivity contribution in [1.29, 1.82) is 0 Å². The van der Waals surface area contributed by atoms with Crippen LogP contribution in [0.25, 0.3) is 28.0 Å². The second-order valence-electron chi connectivity index (χ2n) is 7.33. The van der Waals surface area contributed by atoms with Gasteiger partial charge in [-0.15, -0.1) is 0 Å². The number of aromatic nitrogens is 4. The minimum absolute atomic E-state index is 0.0442. The highest BCUT2D eigenvalue weighted by atomic mass is 16.5. The lowest BCUT2D eigenvalue weighted by molar-refractivity contribution is 0.0649. The molecule has 0 bridgehead atoms. The summed E-state index contributed by atoms with van der Waals surface area (Å²) in [5, 5.41) is 9.60. The first kappa shape index (κ1) is 18.6. The fourth-order valence-electron chi connectivity index (χ4n) is 3.95. The number of hydrogen-bond donors (Lipinski definition) is 0. The van der Waals surface area contributed by atoms with E-state index in [-0.39, 0.29) is 11.6 Å². The molecule has 3 aromatic heterocycles.